The van der Waals surface area contributed by atoms with Crippen molar-refractivity contribution in [3.8, 4) is 28.3 Å². The summed E-state index contributed by atoms with van der Waals surface area (Å²) >= 11 is 4.40. The maximum absolute atomic E-state index is 12.8. The summed E-state index contributed by atoms with van der Waals surface area (Å²) in [5.74, 6) is 0.365. The molecule has 4 aromatic rings. The number of aromatic nitrogens is 3. The van der Waals surface area contributed by atoms with Gasteiger partial charge in [-0.05, 0) is 41.1 Å². The van der Waals surface area contributed by atoms with E-state index in [0.29, 0.717) is 28.6 Å². The third-order valence-corrected chi connectivity index (χ3v) is 6.91. The standard InChI is InChI=1S/C23H20N4O3S3/c1-3-20(29)24-17-10-14(4-5-19(17)30-2)18(28)13-33-23-25-21(15-6-8-31-11-15)22(26-27-23)16-7-9-32-12-16/h4-12H,3,13H2,1-2H3,(H,24,29). The average molecular weight is 497 g/mol. The normalized spacial score (nSPS) is 10.7. The molecule has 33 heavy (non-hydrogen) atoms. The molecule has 3 heterocycles. The van der Waals surface area contributed by atoms with Crippen molar-refractivity contribution in [1.29, 1.82) is 0 Å². The second-order valence-corrected chi connectivity index (χ2v) is 9.35. The fraction of sp³-hybridized carbons (Fsp3) is 0.174. The maximum Gasteiger partial charge on any atom is 0.224 e. The second kappa shape index (κ2) is 10.7. The minimum Gasteiger partial charge on any atom is -0.495 e. The molecule has 0 aliphatic carbocycles. The minimum atomic E-state index is -0.154. The van der Waals surface area contributed by atoms with Crippen LogP contribution in [0.15, 0.2) is 57.0 Å². The van der Waals surface area contributed by atoms with E-state index in [-0.39, 0.29) is 17.4 Å². The van der Waals surface area contributed by atoms with Gasteiger partial charge in [-0.3, -0.25) is 9.59 Å². The minimum absolute atomic E-state index is 0.114. The Morgan fingerprint density at radius 3 is 2.39 bits per heavy atom. The molecule has 1 amide bonds. The molecule has 0 bridgehead atoms. The lowest BCUT2D eigenvalue weighted by Gasteiger charge is -2.11. The number of thioether (sulfide) groups is 1. The van der Waals surface area contributed by atoms with Crippen LogP contribution >= 0.6 is 34.4 Å². The number of rotatable bonds is 9. The molecule has 4 rings (SSSR count). The van der Waals surface area contributed by atoms with Crippen LogP contribution in [0, 0.1) is 0 Å². The number of carbonyl (C=O) groups is 2. The Hall–Kier alpha value is -3.08. The molecule has 0 atom stereocenters. The Balaban J connectivity index is 1.53. The highest BCUT2D eigenvalue weighted by Gasteiger charge is 2.17. The van der Waals surface area contributed by atoms with E-state index in [1.54, 1.807) is 47.8 Å². The number of ketones is 1. The lowest BCUT2D eigenvalue weighted by atomic mass is 10.1. The molecule has 0 unspecified atom stereocenters. The summed E-state index contributed by atoms with van der Waals surface area (Å²) in [6.45, 7) is 1.76. The predicted octanol–water partition coefficient (Wildman–Crippen LogP) is 5.66. The van der Waals surface area contributed by atoms with Crippen LogP contribution in [-0.2, 0) is 4.79 Å². The van der Waals surface area contributed by atoms with Crippen molar-refractivity contribution < 1.29 is 14.3 Å². The summed E-state index contributed by atoms with van der Waals surface area (Å²) in [5.41, 5.74) is 4.34. The van der Waals surface area contributed by atoms with E-state index in [2.05, 4.69) is 15.5 Å². The fourth-order valence-corrected chi connectivity index (χ4v) is 4.96. The molecule has 0 spiro atoms. The van der Waals surface area contributed by atoms with Crippen molar-refractivity contribution in [3.05, 3.63) is 57.4 Å². The van der Waals surface area contributed by atoms with Crippen molar-refractivity contribution in [2.24, 2.45) is 0 Å². The molecule has 10 heteroatoms. The van der Waals surface area contributed by atoms with Gasteiger partial charge in [-0.25, -0.2) is 4.98 Å². The Morgan fingerprint density at radius 2 is 1.76 bits per heavy atom. The third kappa shape index (κ3) is 5.47. The Bertz CT molecular complexity index is 1260. The van der Waals surface area contributed by atoms with E-state index in [4.69, 9.17) is 9.72 Å². The number of amides is 1. The Labute approximate surface area is 203 Å². The van der Waals surface area contributed by atoms with Crippen molar-refractivity contribution >= 4 is 51.8 Å². The van der Waals surface area contributed by atoms with E-state index in [9.17, 15) is 9.59 Å². The summed E-state index contributed by atoms with van der Waals surface area (Å²) in [7, 11) is 1.52. The molecule has 0 aliphatic heterocycles. The Morgan fingerprint density at radius 1 is 1.03 bits per heavy atom. The van der Waals surface area contributed by atoms with Crippen LogP contribution in [0.1, 0.15) is 23.7 Å². The molecule has 1 aromatic carbocycles. The SMILES string of the molecule is CCC(=O)Nc1cc(C(=O)CSc2nnc(-c3ccsc3)c(-c3ccsc3)n2)ccc1OC. The van der Waals surface area contributed by atoms with Gasteiger partial charge in [-0.15, -0.1) is 10.2 Å². The number of carbonyl (C=O) groups excluding carboxylic acids is 2. The summed E-state index contributed by atoms with van der Waals surface area (Å²) in [5, 5.41) is 19.9. The highest BCUT2D eigenvalue weighted by molar-refractivity contribution is 7.99. The first-order valence-corrected chi connectivity index (χ1v) is 12.9. The summed E-state index contributed by atoms with van der Waals surface area (Å²) in [6.07, 6.45) is 0.329. The molecule has 1 N–H and O–H groups in total. The zero-order valence-corrected chi connectivity index (χ0v) is 20.4. The van der Waals surface area contributed by atoms with Gasteiger partial charge in [0, 0.05) is 33.9 Å². The number of ether oxygens (including phenoxy) is 1. The van der Waals surface area contributed by atoms with Gasteiger partial charge in [0.1, 0.15) is 17.1 Å². The first-order chi connectivity index (χ1) is 16.1. The highest BCUT2D eigenvalue weighted by atomic mass is 32.2. The number of nitrogens with one attached hydrogen (secondary N) is 1. The molecule has 3 aromatic heterocycles. The molecular weight excluding hydrogens is 476 g/mol. The monoisotopic (exact) mass is 496 g/mol. The van der Waals surface area contributed by atoms with E-state index in [1.165, 1.54) is 18.9 Å². The third-order valence-electron chi connectivity index (χ3n) is 4.71. The summed E-state index contributed by atoms with van der Waals surface area (Å²) in [6, 6.07) is 8.96. The number of hydrogen-bond donors (Lipinski definition) is 1. The molecule has 0 saturated heterocycles. The first-order valence-electron chi connectivity index (χ1n) is 10.0. The quantitative estimate of drug-likeness (QED) is 0.236. The van der Waals surface area contributed by atoms with Crippen molar-refractivity contribution in [1.82, 2.24) is 15.2 Å². The van der Waals surface area contributed by atoms with Crippen LogP contribution in [0.4, 0.5) is 5.69 Å². The van der Waals surface area contributed by atoms with Crippen LogP contribution in [0.25, 0.3) is 22.5 Å². The van der Waals surface area contributed by atoms with Gasteiger partial charge in [0.05, 0.1) is 18.6 Å². The van der Waals surface area contributed by atoms with E-state index in [1.807, 2.05) is 33.7 Å². The van der Waals surface area contributed by atoms with Crippen LogP contribution in [0.3, 0.4) is 0 Å². The summed E-state index contributed by atoms with van der Waals surface area (Å²) < 4.78 is 5.29. The average Bonchev–Trinajstić information content (AvgIpc) is 3.57. The smallest absolute Gasteiger partial charge is 0.224 e. The molecule has 168 valence electrons. The zero-order chi connectivity index (χ0) is 23.2. The van der Waals surface area contributed by atoms with Crippen molar-refractivity contribution in [3.63, 3.8) is 0 Å². The molecule has 0 radical (unpaired) electrons. The summed E-state index contributed by atoms with van der Waals surface area (Å²) in [4.78, 5) is 29.4. The molecule has 0 aliphatic rings. The molecule has 0 fully saturated rings. The number of Topliss-reactive ketones (excluding diaryl/α,β-unsaturated/α-hetero) is 1. The lowest BCUT2D eigenvalue weighted by Crippen LogP contribution is -2.12. The van der Waals surface area contributed by atoms with Gasteiger partial charge in [0.15, 0.2) is 5.78 Å². The van der Waals surface area contributed by atoms with E-state index < -0.39 is 0 Å². The van der Waals surface area contributed by atoms with Crippen molar-refractivity contribution in [2.45, 2.75) is 18.5 Å². The van der Waals surface area contributed by atoms with E-state index >= 15 is 0 Å². The van der Waals surface area contributed by atoms with Crippen LogP contribution in [0.2, 0.25) is 0 Å². The maximum atomic E-state index is 12.8. The first kappa shape index (κ1) is 23.1. The predicted molar refractivity (Wildman–Crippen MR) is 133 cm³/mol. The number of benzene rings is 1. The Kier molecular flexibility index (Phi) is 7.48. The van der Waals surface area contributed by atoms with Gasteiger partial charge < -0.3 is 10.1 Å². The number of methoxy groups -OCH3 is 1. The number of hydrogen-bond acceptors (Lipinski definition) is 9. The van der Waals surface area contributed by atoms with Gasteiger partial charge in [-0.1, -0.05) is 18.7 Å². The van der Waals surface area contributed by atoms with Crippen LogP contribution < -0.4 is 10.1 Å². The van der Waals surface area contributed by atoms with Gasteiger partial charge >= 0.3 is 0 Å². The van der Waals surface area contributed by atoms with Gasteiger partial charge in [-0.2, -0.15) is 22.7 Å². The van der Waals surface area contributed by atoms with E-state index in [0.717, 1.165) is 22.5 Å². The number of thiophene rings is 2. The second-order valence-electron chi connectivity index (χ2n) is 6.84. The number of anilines is 1. The fourth-order valence-electron chi connectivity index (χ4n) is 3.00. The number of nitrogens with zero attached hydrogens (tertiary/aromatic N) is 3. The van der Waals surface area contributed by atoms with Crippen LogP contribution in [-0.4, -0.2) is 39.7 Å². The lowest BCUT2D eigenvalue weighted by molar-refractivity contribution is -0.115. The molecule has 0 saturated carbocycles. The molecular formula is C23H20N4O3S3. The van der Waals surface area contributed by atoms with Crippen LogP contribution in [0.5, 0.6) is 5.75 Å². The van der Waals surface area contributed by atoms with Gasteiger partial charge in [0.25, 0.3) is 0 Å². The van der Waals surface area contributed by atoms with Crippen molar-refractivity contribution in [2.75, 3.05) is 18.2 Å². The van der Waals surface area contributed by atoms with Gasteiger partial charge in [0.2, 0.25) is 11.1 Å². The topological polar surface area (TPSA) is 94.1 Å². The highest BCUT2D eigenvalue weighted by Crippen LogP contribution is 2.32. The molecule has 7 nitrogen and oxygen atoms in total. The zero-order valence-electron chi connectivity index (χ0n) is 17.9. The largest absolute Gasteiger partial charge is 0.495 e.